The van der Waals surface area contributed by atoms with E-state index < -0.39 is 7.14 Å². The van der Waals surface area contributed by atoms with Crippen molar-refractivity contribution in [1.29, 1.82) is 0 Å². The van der Waals surface area contributed by atoms with Crippen LogP contribution in [0.5, 0.6) is 0 Å². The van der Waals surface area contributed by atoms with E-state index in [2.05, 4.69) is 10.1 Å². The quantitative estimate of drug-likeness (QED) is 0.555. The van der Waals surface area contributed by atoms with Gasteiger partial charge >= 0.3 is 6.09 Å². The van der Waals surface area contributed by atoms with Crippen molar-refractivity contribution in [1.82, 2.24) is 5.32 Å². The number of carbonyl (C=O) groups is 1. The van der Waals surface area contributed by atoms with Crippen molar-refractivity contribution in [2.75, 3.05) is 26.1 Å². The summed E-state index contributed by atoms with van der Waals surface area (Å²) >= 11 is 0. The van der Waals surface area contributed by atoms with E-state index in [1.54, 1.807) is 13.3 Å². The molecule has 1 heterocycles. The Morgan fingerprint density at radius 3 is 2.85 bits per heavy atom. The van der Waals surface area contributed by atoms with Gasteiger partial charge in [-0.3, -0.25) is 0 Å². The minimum atomic E-state index is -1.98. The van der Waals surface area contributed by atoms with Gasteiger partial charge in [-0.2, -0.15) is 0 Å². The number of hydrogen-bond acceptors (Lipinski definition) is 3. The van der Waals surface area contributed by atoms with Crippen molar-refractivity contribution in [2.45, 2.75) is 6.04 Å². The first-order chi connectivity index (χ1) is 5.97. The van der Waals surface area contributed by atoms with Crippen LogP contribution in [0.2, 0.25) is 0 Å². The molecule has 1 amide bonds. The average Bonchev–Trinajstić information content (AvgIpc) is 2.33. The topological polar surface area (TPSA) is 55.4 Å². The first kappa shape index (κ1) is 10.3. The third-order valence-electron chi connectivity index (χ3n) is 1.61. The molecule has 1 saturated heterocycles. The van der Waals surface area contributed by atoms with Crippen LogP contribution in [0.4, 0.5) is 4.79 Å². The molecule has 0 aromatic carbocycles. The van der Waals surface area contributed by atoms with E-state index in [0.717, 1.165) is 0 Å². The van der Waals surface area contributed by atoms with Crippen molar-refractivity contribution in [3.63, 3.8) is 0 Å². The SMILES string of the molecule is CP(C)(=O)C/C=C/C1COC(=O)N1. The van der Waals surface area contributed by atoms with Gasteiger partial charge in [0.05, 0.1) is 13.2 Å². The lowest BCUT2D eigenvalue weighted by molar-refractivity contribution is 0.177. The molecule has 1 N–H and O–H groups in total. The zero-order valence-corrected chi connectivity index (χ0v) is 8.71. The van der Waals surface area contributed by atoms with Crippen LogP contribution in [0, 0.1) is 0 Å². The summed E-state index contributed by atoms with van der Waals surface area (Å²) in [5.41, 5.74) is 0. The Kier molecular flexibility index (Phi) is 3.15. The van der Waals surface area contributed by atoms with Crippen molar-refractivity contribution >= 4 is 13.2 Å². The predicted octanol–water partition coefficient (Wildman–Crippen LogP) is 1.27. The molecule has 5 heteroatoms. The fourth-order valence-electron chi connectivity index (χ4n) is 0.983. The van der Waals surface area contributed by atoms with Crippen molar-refractivity contribution in [3.8, 4) is 0 Å². The Morgan fingerprint density at radius 2 is 2.38 bits per heavy atom. The van der Waals surface area contributed by atoms with Gasteiger partial charge in [0.2, 0.25) is 0 Å². The van der Waals surface area contributed by atoms with Gasteiger partial charge in [-0.15, -0.1) is 0 Å². The van der Waals surface area contributed by atoms with Crippen LogP contribution in [0.3, 0.4) is 0 Å². The first-order valence-corrected chi connectivity index (χ1v) is 6.90. The number of ether oxygens (including phenoxy) is 1. The van der Waals surface area contributed by atoms with Gasteiger partial charge in [0.15, 0.2) is 0 Å². The third kappa shape index (κ3) is 4.13. The smallest absolute Gasteiger partial charge is 0.407 e. The summed E-state index contributed by atoms with van der Waals surface area (Å²) in [6, 6.07) is -0.0564. The van der Waals surface area contributed by atoms with E-state index in [4.69, 9.17) is 0 Å². The summed E-state index contributed by atoms with van der Waals surface area (Å²) in [6.07, 6.45) is 3.84. The van der Waals surface area contributed by atoms with Crippen LogP contribution in [0.15, 0.2) is 12.2 Å². The molecule has 1 unspecified atom stereocenters. The highest BCUT2D eigenvalue weighted by Crippen LogP contribution is 2.35. The maximum absolute atomic E-state index is 11.3. The normalized spacial score (nSPS) is 23.2. The summed E-state index contributed by atoms with van der Waals surface area (Å²) in [5, 5.41) is 2.60. The van der Waals surface area contributed by atoms with Gasteiger partial charge in [-0.05, 0) is 13.3 Å². The summed E-state index contributed by atoms with van der Waals surface area (Å²) in [4.78, 5) is 10.6. The highest BCUT2D eigenvalue weighted by atomic mass is 31.2. The van der Waals surface area contributed by atoms with Gasteiger partial charge in [0.25, 0.3) is 0 Å². The maximum atomic E-state index is 11.3. The summed E-state index contributed by atoms with van der Waals surface area (Å²) in [7, 11) is -1.98. The molecule has 0 saturated carbocycles. The number of amides is 1. The van der Waals surface area contributed by atoms with Gasteiger partial charge in [0, 0.05) is 6.16 Å². The lowest BCUT2D eigenvalue weighted by atomic mass is 10.3. The van der Waals surface area contributed by atoms with E-state index in [0.29, 0.717) is 12.8 Å². The molecule has 74 valence electrons. The summed E-state index contributed by atoms with van der Waals surface area (Å²) in [6.45, 7) is 3.84. The van der Waals surface area contributed by atoms with E-state index in [9.17, 15) is 9.36 Å². The van der Waals surface area contributed by atoms with Crippen molar-refractivity contribution in [2.24, 2.45) is 0 Å². The lowest BCUT2D eigenvalue weighted by Gasteiger charge is -2.02. The molecule has 0 bridgehead atoms. The molecule has 0 aromatic rings. The second-order valence-electron chi connectivity index (χ2n) is 3.53. The molecule has 0 spiro atoms. The van der Waals surface area contributed by atoms with Crippen LogP contribution in [-0.4, -0.2) is 38.2 Å². The minimum Gasteiger partial charge on any atom is -0.447 e. The van der Waals surface area contributed by atoms with Crippen molar-refractivity contribution in [3.05, 3.63) is 12.2 Å². The van der Waals surface area contributed by atoms with Crippen LogP contribution in [0.1, 0.15) is 0 Å². The number of rotatable bonds is 3. The second-order valence-corrected chi connectivity index (χ2v) is 7.05. The van der Waals surface area contributed by atoms with E-state index >= 15 is 0 Å². The average molecular weight is 203 g/mol. The number of hydrogen-bond donors (Lipinski definition) is 1. The number of cyclic esters (lactones) is 1. The number of nitrogens with one attached hydrogen (secondary N) is 1. The molecule has 1 atom stereocenters. The van der Waals surface area contributed by atoms with Crippen LogP contribution in [-0.2, 0) is 9.30 Å². The molecule has 1 aliphatic heterocycles. The molecule has 1 aliphatic rings. The van der Waals surface area contributed by atoms with Gasteiger partial charge in [-0.25, -0.2) is 4.79 Å². The standard InChI is InChI=1S/C8H14NO3P/c1-13(2,11)5-3-4-7-6-12-8(10)9-7/h3-4,7H,5-6H2,1-2H3,(H,9,10)/b4-3+. The molecule has 0 aliphatic carbocycles. The van der Waals surface area contributed by atoms with Gasteiger partial charge in [0.1, 0.15) is 6.61 Å². The lowest BCUT2D eigenvalue weighted by Crippen LogP contribution is -2.23. The zero-order valence-electron chi connectivity index (χ0n) is 7.82. The largest absolute Gasteiger partial charge is 0.447 e. The fourth-order valence-corrected chi connectivity index (χ4v) is 1.61. The van der Waals surface area contributed by atoms with Crippen LogP contribution in [0.25, 0.3) is 0 Å². The first-order valence-electron chi connectivity index (χ1n) is 4.11. The van der Waals surface area contributed by atoms with E-state index in [1.807, 2.05) is 12.2 Å². The van der Waals surface area contributed by atoms with Gasteiger partial charge < -0.3 is 14.6 Å². The molecule has 13 heavy (non-hydrogen) atoms. The van der Waals surface area contributed by atoms with Crippen LogP contribution >= 0.6 is 7.14 Å². The van der Waals surface area contributed by atoms with Crippen molar-refractivity contribution < 1.29 is 14.1 Å². The Morgan fingerprint density at radius 1 is 1.69 bits per heavy atom. The fraction of sp³-hybridized carbons (Fsp3) is 0.625. The molecular formula is C8H14NO3P. The Labute approximate surface area is 77.7 Å². The third-order valence-corrected chi connectivity index (χ3v) is 2.70. The molecule has 1 rings (SSSR count). The number of carbonyl (C=O) groups excluding carboxylic acids is 1. The maximum Gasteiger partial charge on any atom is 0.407 e. The minimum absolute atomic E-state index is 0.0564. The number of allylic oxidation sites excluding steroid dienone is 1. The van der Waals surface area contributed by atoms with Crippen LogP contribution < -0.4 is 5.32 Å². The van der Waals surface area contributed by atoms with E-state index in [-0.39, 0.29) is 12.1 Å². The Hall–Kier alpha value is -0.760. The molecule has 1 fully saturated rings. The molecule has 0 aromatic heterocycles. The number of alkyl carbamates (subject to hydrolysis) is 1. The molecular weight excluding hydrogens is 189 g/mol. The highest BCUT2D eigenvalue weighted by Gasteiger charge is 2.19. The monoisotopic (exact) mass is 203 g/mol. The summed E-state index contributed by atoms with van der Waals surface area (Å²) in [5.74, 6) is 0. The van der Waals surface area contributed by atoms with E-state index in [1.165, 1.54) is 0 Å². The predicted molar refractivity (Wildman–Crippen MR) is 51.7 cm³/mol. The Balaban J connectivity index is 2.33. The Bertz CT molecular complexity index is 269. The molecule has 4 nitrogen and oxygen atoms in total. The highest BCUT2D eigenvalue weighted by molar-refractivity contribution is 7.62. The molecule has 0 radical (unpaired) electrons. The second kappa shape index (κ2) is 3.97. The zero-order chi connectivity index (χ0) is 9.90. The van der Waals surface area contributed by atoms with Gasteiger partial charge in [-0.1, -0.05) is 12.2 Å². The summed E-state index contributed by atoms with van der Waals surface area (Å²) < 4.78 is 16.0.